The van der Waals surface area contributed by atoms with E-state index in [1.165, 1.54) is 12.8 Å². The highest BCUT2D eigenvalue weighted by Crippen LogP contribution is 2.25. The molecule has 0 saturated heterocycles. The molecule has 0 heterocycles. The van der Waals surface area contributed by atoms with E-state index < -0.39 is 0 Å². The molecule has 1 saturated carbocycles. The Bertz CT molecular complexity index is 169. The van der Waals surface area contributed by atoms with Gasteiger partial charge in [-0.1, -0.05) is 33.6 Å². The first kappa shape index (κ1) is 13.0. The van der Waals surface area contributed by atoms with Gasteiger partial charge in [-0.3, -0.25) is 0 Å². The molecule has 90 valence electrons. The van der Waals surface area contributed by atoms with E-state index in [1.54, 1.807) is 0 Å². The Morgan fingerprint density at radius 3 is 2.07 bits per heavy atom. The van der Waals surface area contributed by atoms with E-state index in [0.29, 0.717) is 6.04 Å². The summed E-state index contributed by atoms with van der Waals surface area (Å²) < 4.78 is 0. The summed E-state index contributed by atoms with van der Waals surface area (Å²) in [5.41, 5.74) is 0.253. The standard InChI is InChI=1S/C13H27NO/c1-4-13(5-2,6-3)14-11-9-7-8-10-12(11)15/h11-12,14-15H,4-10H2,1-3H3. The summed E-state index contributed by atoms with van der Waals surface area (Å²) in [4.78, 5) is 0. The van der Waals surface area contributed by atoms with Gasteiger partial charge in [0, 0.05) is 11.6 Å². The maximum Gasteiger partial charge on any atom is 0.0693 e. The molecule has 2 heteroatoms. The Kier molecular flexibility index (Phi) is 5.07. The molecule has 0 aromatic heterocycles. The first-order chi connectivity index (χ1) is 7.17. The third-order valence-corrected chi connectivity index (χ3v) is 4.25. The topological polar surface area (TPSA) is 32.3 Å². The van der Waals surface area contributed by atoms with Gasteiger partial charge in [0.05, 0.1) is 6.10 Å². The molecule has 2 N–H and O–H groups in total. The summed E-state index contributed by atoms with van der Waals surface area (Å²) in [6.07, 6.45) is 7.92. The van der Waals surface area contributed by atoms with Gasteiger partial charge in [-0.25, -0.2) is 0 Å². The van der Waals surface area contributed by atoms with Crippen molar-refractivity contribution >= 4 is 0 Å². The van der Waals surface area contributed by atoms with Crippen LogP contribution in [0.25, 0.3) is 0 Å². The molecular weight excluding hydrogens is 186 g/mol. The van der Waals surface area contributed by atoms with Crippen molar-refractivity contribution in [2.24, 2.45) is 0 Å². The van der Waals surface area contributed by atoms with Crippen molar-refractivity contribution in [3.63, 3.8) is 0 Å². The van der Waals surface area contributed by atoms with E-state index in [4.69, 9.17) is 0 Å². The van der Waals surface area contributed by atoms with Crippen LogP contribution in [0.3, 0.4) is 0 Å². The summed E-state index contributed by atoms with van der Waals surface area (Å²) in [6.45, 7) is 6.74. The maximum atomic E-state index is 9.96. The number of rotatable bonds is 5. The van der Waals surface area contributed by atoms with Crippen molar-refractivity contribution < 1.29 is 5.11 Å². The zero-order chi connectivity index (χ0) is 11.3. The van der Waals surface area contributed by atoms with E-state index in [-0.39, 0.29) is 11.6 Å². The smallest absolute Gasteiger partial charge is 0.0693 e. The SMILES string of the molecule is CCC(CC)(CC)NC1CCCCC1O. The zero-order valence-electron chi connectivity index (χ0n) is 10.6. The van der Waals surface area contributed by atoms with E-state index in [9.17, 15) is 5.11 Å². The van der Waals surface area contributed by atoms with Crippen LogP contribution in [-0.4, -0.2) is 22.8 Å². The summed E-state index contributed by atoms with van der Waals surface area (Å²) in [5, 5.41) is 13.7. The molecule has 1 rings (SSSR count). The highest BCUT2D eigenvalue weighted by atomic mass is 16.3. The summed E-state index contributed by atoms with van der Waals surface area (Å²) in [5.74, 6) is 0. The quantitative estimate of drug-likeness (QED) is 0.736. The first-order valence-electron chi connectivity index (χ1n) is 6.63. The van der Waals surface area contributed by atoms with Crippen LogP contribution in [0.15, 0.2) is 0 Å². The average Bonchev–Trinajstić information content (AvgIpc) is 2.29. The van der Waals surface area contributed by atoms with Crippen LogP contribution in [0, 0.1) is 0 Å². The van der Waals surface area contributed by atoms with Gasteiger partial charge in [0.25, 0.3) is 0 Å². The zero-order valence-corrected chi connectivity index (χ0v) is 10.6. The third-order valence-electron chi connectivity index (χ3n) is 4.25. The number of hydrogen-bond acceptors (Lipinski definition) is 2. The summed E-state index contributed by atoms with van der Waals surface area (Å²) in [6, 6.07) is 0.332. The van der Waals surface area contributed by atoms with E-state index in [2.05, 4.69) is 26.1 Å². The third kappa shape index (κ3) is 3.18. The molecule has 2 atom stereocenters. The predicted octanol–water partition coefficient (Wildman–Crippen LogP) is 2.85. The van der Waals surface area contributed by atoms with Gasteiger partial charge >= 0.3 is 0 Å². The largest absolute Gasteiger partial charge is 0.392 e. The van der Waals surface area contributed by atoms with E-state index >= 15 is 0 Å². The molecule has 0 spiro atoms. The van der Waals surface area contributed by atoms with Gasteiger partial charge in [-0.15, -0.1) is 0 Å². The van der Waals surface area contributed by atoms with E-state index in [0.717, 1.165) is 32.1 Å². The Balaban J connectivity index is 2.56. The number of aliphatic hydroxyl groups is 1. The molecule has 0 aromatic carbocycles. The fourth-order valence-corrected chi connectivity index (χ4v) is 2.73. The van der Waals surface area contributed by atoms with Gasteiger partial charge < -0.3 is 10.4 Å². The Morgan fingerprint density at radius 2 is 1.60 bits per heavy atom. The normalized spacial score (nSPS) is 28.0. The lowest BCUT2D eigenvalue weighted by atomic mass is 9.85. The average molecular weight is 213 g/mol. The molecule has 0 bridgehead atoms. The van der Waals surface area contributed by atoms with Crippen molar-refractivity contribution in [1.82, 2.24) is 5.32 Å². The second-order valence-corrected chi connectivity index (χ2v) is 4.94. The summed E-state index contributed by atoms with van der Waals surface area (Å²) >= 11 is 0. The molecule has 1 fully saturated rings. The first-order valence-corrected chi connectivity index (χ1v) is 6.63. The van der Waals surface area contributed by atoms with Crippen molar-refractivity contribution in [2.75, 3.05) is 0 Å². The summed E-state index contributed by atoms with van der Waals surface area (Å²) in [7, 11) is 0. The van der Waals surface area contributed by atoms with Crippen LogP contribution in [0.4, 0.5) is 0 Å². The molecule has 2 nitrogen and oxygen atoms in total. The highest BCUT2D eigenvalue weighted by Gasteiger charge is 2.31. The maximum absolute atomic E-state index is 9.96. The monoisotopic (exact) mass is 213 g/mol. The van der Waals surface area contributed by atoms with Crippen LogP contribution >= 0.6 is 0 Å². The Morgan fingerprint density at radius 1 is 1.07 bits per heavy atom. The van der Waals surface area contributed by atoms with Crippen molar-refractivity contribution in [1.29, 1.82) is 0 Å². The van der Waals surface area contributed by atoms with Gasteiger partial charge in [0.15, 0.2) is 0 Å². The fourth-order valence-electron chi connectivity index (χ4n) is 2.73. The van der Waals surface area contributed by atoms with Crippen LogP contribution < -0.4 is 5.32 Å². The van der Waals surface area contributed by atoms with Crippen LogP contribution in [-0.2, 0) is 0 Å². The molecular formula is C13H27NO. The molecule has 2 unspecified atom stereocenters. The van der Waals surface area contributed by atoms with Crippen LogP contribution in [0.1, 0.15) is 65.7 Å². The fraction of sp³-hybridized carbons (Fsp3) is 1.00. The molecule has 0 aromatic rings. The Hall–Kier alpha value is -0.0800. The lowest BCUT2D eigenvalue weighted by Crippen LogP contribution is -2.54. The second kappa shape index (κ2) is 5.86. The van der Waals surface area contributed by atoms with Crippen molar-refractivity contribution in [3.8, 4) is 0 Å². The van der Waals surface area contributed by atoms with Gasteiger partial charge in [0.2, 0.25) is 0 Å². The lowest BCUT2D eigenvalue weighted by Gasteiger charge is -2.40. The molecule has 1 aliphatic carbocycles. The molecule has 0 radical (unpaired) electrons. The highest BCUT2D eigenvalue weighted by molar-refractivity contribution is 4.91. The number of hydrogen-bond donors (Lipinski definition) is 2. The minimum Gasteiger partial charge on any atom is -0.392 e. The van der Waals surface area contributed by atoms with Crippen LogP contribution in [0.2, 0.25) is 0 Å². The van der Waals surface area contributed by atoms with Crippen molar-refractivity contribution in [3.05, 3.63) is 0 Å². The van der Waals surface area contributed by atoms with Gasteiger partial charge in [-0.05, 0) is 32.1 Å². The molecule has 1 aliphatic rings. The lowest BCUT2D eigenvalue weighted by molar-refractivity contribution is 0.0678. The molecule has 0 aliphatic heterocycles. The number of nitrogens with one attached hydrogen (secondary N) is 1. The Labute approximate surface area is 94.5 Å². The molecule has 15 heavy (non-hydrogen) atoms. The van der Waals surface area contributed by atoms with Gasteiger partial charge in [0.1, 0.15) is 0 Å². The minimum atomic E-state index is -0.122. The van der Waals surface area contributed by atoms with Crippen LogP contribution in [0.5, 0.6) is 0 Å². The second-order valence-electron chi connectivity index (χ2n) is 4.94. The number of aliphatic hydroxyl groups excluding tert-OH is 1. The van der Waals surface area contributed by atoms with E-state index in [1.807, 2.05) is 0 Å². The minimum absolute atomic E-state index is 0.122. The molecule has 0 amide bonds. The van der Waals surface area contributed by atoms with Crippen molar-refractivity contribution in [2.45, 2.75) is 83.4 Å². The predicted molar refractivity (Wildman–Crippen MR) is 65.0 cm³/mol. The van der Waals surface area contributed by atoms with Gasteiger partial charge in [-0.2, -0.15) is 0 Å².